The number of piperidine rings is 1. The van der Waals surface area contributed by atoms with Crippen molar-refractivity contribution >= 4 is 11.7 Å². The molecule has 0 bridgehead atoms. The number of amides is 1. The maximum absolute atomic E-state index is 13.3. The molecule has 4 rings (SSSR count). The van der Waals surface area contributed by atoms with Crippen LogP contribution in [0.4, 0.5) is 19.0 Å². The van der Waals surface area contributed by atoms with Gasteiger partial charge >= 0.3 is 6.18 Å². The molecule has 3 heterocycles. The predicted molar refractivity (Wildman–Crippen MR) is 86.3 cm³/mol. The smallest absolute Gasteiger partial charge is 0.368 e. The van der Waals surface area contributed by atoms with Crippen LogP contribution in [0.1, 0.15) is 56.7 Å². The second-order valence-corrected chi connectivity index (χ2v) is 7.61. The van der Waals surface area contributed by atoms with Gasteiger partial charge in [-0.15, -0.1) is 0 Å². The van der Waals surface area contributed by atoms with Crippen molar-refractivity contribution in [2.75, 3.05) is 18.4 Å². The Morgan fingerprint density at radius 3 is 2.52 bits per heavy atom. The molecule has 1 amide bonds. The van der Waals surface area contributed by atoms with E-state index in [2.05, 4.69) is 10.4 Å². The van der Waals surface area contributed by atoms with Crippen molar-refractivity contribution in [1.82, 2.24) is 14.7 Å². The molecular formula is C17H23F3N4O. The lowest BCUT2D eigenvalue weighted by atomic mass is 9.93. The highest BCUT2D eigenvalue weighted by atomic mass is 19.4. The highest BCUT2D eigenvalue weighted by Gasteiger charge is 2.46. The zero-order chi connectivity index (χ0) is 17.8. The van der Waals surface area contributed by atoms with Crippen LogP contribution in [0.5, 0.6) is 0 Å². The molecule has 1 aliphatic carbocycles. The summed E-state index contributed by atoms with van der Waals surface area (Å²) < 4.78 is 41.1. The molecule has 8 heteroatoms. The average molecular weight is 356 g/mol. The molecule has 0 aromatic carbocycles. The quantitative estimate of drug-likeness (QED) is 0.885. The Labute approximate surface area is 144 Å². The number of aromatic nitrogens is 2. The van der Waals surface area contributed by atoms with Crippen LogP contribution in [0.15, 0.2) is 6.07 Å². The first-order valence-electron chi connectivity index (χ1n) is 9.04. The molecule has 2 atom stereocenters. The summed E-state index contributed by atoms with van der Waals surface area (Å²) in [5.41, 5.74) is 0.712. The first-order valence-corrected chi connectivity index (χ1v) is 9.04. The van der Waals surface area contributed by atoms with E-state index in [0.29, 0.717) is 24.6 Å². The lowest BCUT2D eigenvalue weighted by molar-refractivity contribution is -0.173. The topological polar surface area (TPSA) is 50.2 Å². The molecule has 1 aromatic heterocycles. The van der Waals surface area contributed by atoms with Gasteiger partial charge in [0.2, 0.25) is 5.91 Å². The molecule has 1 aromatic rings. The summed E-state index contributed by atoms with van der Waals surface area (Å²) in [6.45, 7) is 3.11. The first-order chi connectivity index (χ1) is 11.8. The number of nitrogens with one attached hydrogen (secondary N) is 1. The van der Waals surface area contributed by atoms with Gasteiger partial charge in [-0.05, 0) is 39.0 Å². The molecule has 138 valence electrons. The van der Waals surface area contributed by atoms with Crippen LogP contribution in [0.25, 0.3) is 0 Å². The van der Waals surface area contributed by atoms with E-state index in [0.717, 1.165) is 30.4 Å². The Hall–Kier alpha value is -1.73. The van der Waals surface area contributed by atoms with Gasteiger partial charge in [0.05, 0.1) is 5.69 Å². The van der Waals surface area contributed by atoms with Crippen LogP contribution in [-0.2, 0) is 4.79 Å². The molecule has 0 unspecified atom stereocenters. The maximum Gasteiger partial charge on any atom is 0.410 e. The minimum absolute atomic E-state index is 0.00798. The van der Waals surface area contributed by atoms with Gasteiger partial charge in [-0.1, -0.05) is 0 Å². The summed E-state index contributed by atoms with van der Waals surface area (Å²) in [7, 11) is 0. The number of halogens is 3. The third-order valence-electron chi connectivity index (χ3n) is 5.55. The Balaban J connectivity index is 1.48. The van der Waals surface area contributed by atoms with Crippen molar-refractivity contribution < 1.29 is 18.0 Å². The highest BCUT2D eigenvalue weighted by molar-refractivity contribution is 5.81. The van der Waals surface area contributed by atoms with E-state index in [4.69, 9.17) is 0 Å². The summed E-state index contributed by atoms with van der Waals surface area (Å²) in [5.74, 6) is 1.03. The summed E-state index contributed by atoms with van der Waals surface area (Å²) in [4.78, 5) is 14.0. The van der Waals surface area contributed by atoms with Crippen LogP contribution >= 0.6 is 0 Å². The number of rotatable bonds is 2. The standard InChI is InChI=1S/C17H23F3N4O/c1-10-8-14(17(18,19)20)24-15(21-10)9-13(22-24)11-4-6-23(7-5-11)16(25)12-2-3-12/h9-12,14,21H,2-8H2,1H3/t10-,14-/m1/s1. The fraction of sp³-hybridized carbons (Fsp3) is 0.765. The van der Waals surface area contributed by atoms with Gasteiger partial charge in [0, 0.05) is 37.0 Å². The SMILES string of the molecule is C[C@@H]1C[C@H](C(F)(F)F)n2nc(C3CCN(C(=O)C4CC4)CC3)cc2N1. The second-order valence-electron chi connectivity index (χ2n) is 7.61. The molecule has 1 saturated heterocycles. The van der Waals surface area contributed by atoms with Crippen molar-refractivity contribution in [3.63, 3.8) is 0 Å². The van der Waals surface area contributed by atoms with Crippen molar-refractivity contribution in [2.45, 2.75) is 63.2 Å². The Morgan fingerprint density at radius 2 is 1.92 bits per heavy atom. The minimum atomic E-state index is -4.30. The monoisotopic (exact) mass is 356 g/mol. The van der Waals surface area contributed by atoms with Crippen molar-refractivity contribution in [1.29, 1.82) is 0 Å². The molecule has 1 saturated carbocycles. The Bertz CT molecular complexity index is 659. The van der Waals surface area contributed by atoms with Gasteiger partial charge < -0.3 is 10.2 Å². The maximum atomic E-state index is 13.3. The van der Waals surface area contributed by atoms with Crippen molar-refractivity contribution in [3.8, 4) is 0 Å². The second kappa shape index (κ2) is 5.92. The lowest BCUT2D eigenvalue weighted by Crippen LogP contribution is -2.39. The molecule has 1 N–H and O–H groups in total. The summed E-state index contributed by atoms with van der Waals surface area (Å²) in [6.07, 6.45) is -0.785. The van der Waals surface area contributed by atoms with Gasteiger partial charge in [-0.25, -0.2) is 4.68 Å². The number of carbonyl (C=O) groups is 1. The Morgan fingerprint density at radius 1 is 1.24 bits per heavy atom. The summed E-state index contributed by atoms with van der Waals surface area (Å²) in [5, 5.41) is 7.41. The van der Waals surface area contributed by atoms with E-state index in [9.17, 15) is 18.0 Å². The van der Waals surface area contributed by atoms with Gasteiger partial charge in [0.1, 0.15) is 5.82 Å². The van der Waals surface area contributed by atoms with E-state index < -0.39 is 12.2 Å². The molecule has 0 spiro atoms. The fourth-order valence-electron chi connectivity index (χ4n) is 3.96. The highest BCUT2D eigenvalue weighted by Crippen LogP contribution is 2.41. The van der Waals surface area contributed by atoms with Crippen LogP contribution in [0.2, 0.25) is 0 Å². The third-order valence-corrected chi connectivity index (χ3v) is 5.55. The molecule has 5 nitrogen and oxygen atoms in total. The Kier molecular flexibility index (Phi) is 3.96. The molecule has 0 radical (unpaired) electrons. The summed E-state index contributed by atoms with van der Waals surface area (Å²) in [6, 6.07) is -0.0389. The molecule has 2 aliphatic heterocycles. The zero-order valence-electron chi connectivity index (χ0n) is 14.2. The van der Waals surface area contributed by atoms with E-state index in [1.807, 2.05) is 4.90 Å². The number of likely N-dealkylation sites (tertiary alicyclic amines) is 1. The van der Waals surface area contributed by atoms with Crippen LogP contribution in [-0.4, -0.2) is 45.9 Å². The number of fused-ring (bicyclic) bond motifs is 1. The summed E-state index contributed by atoms with van der Waals surface area (Å²) >= 11 is 0. The number of anilines is 1. The number of hydrogen-bond acceptors (Lipinski definition) is 3. The number of carbonyl (C=O) groups excluding carboxylic acids is 1. The number of alkyl halides is 3. The van der Waals surface area contributed by atoms with Crippen LogP contribution in [0.3, 0.4) is 0 Å². The van der Waals surface area contributed by atoms with Crippen LogP contribution < -0.4 is 5.32 Å². The zero-order valence-corrected chi connectivity index (χ0v) is 14.2. The van der Waals surface area contributed by atoms with Crippen molar-refractivity contribution in [2.24, 2.45) is 5.92 Å². The average Bonchev–Trinajstić information content (AvgIpc) is 3.32. The van der Waals surface area contributed by atoms with E-state index in [1.54, 1.807) is 13.0 Å². The van der Waals surface area contributed by atoms with Gasteiger partial charge in [0.25, 0.3) is 0 Å². The molecular weight excluding hydrogens is 333 g/mol. The minimum Gasteiger partial charge on any atom is -0.368 e. The fourth-order valence-corrected chi connectivity index (χ4v) is 3.96. The van der Waals surface area contributed by atoms with Gasteiger partial charge in [0.15, 0.2) is 6.04 Å². The van der Waals surface area contributed by atoms with E-state index >= 15 is 0 Å². The number of hydrogen-bond donors (Lipinski definition) is 1. The van der Waals surface area contributed by atoms with E-state index in [-0.39, 0.29) is 30.2 Å². The molecule has 2 fully saturated rings. The van der Waals surface area contributed by atoms with Crippen LogP contribution in [0, 0.1) is 5.92 Å². The van der Waals surface area contributed by atoms with E-state index in [1.165, 1.54) is 0 Å². The largest absolute Gasteiger partial charge is 0.410 e. The first kappa shape index (κ1) is 16.7. The molecule has 3 aliphatic rings. The predicted octanol–water partition coefficient (Wildman–Crippen LogP) is 3.31. The third kappa shape index (κ3) is 3.22. The molecule has 25 heavy (non-hydrogen) atoms. The van der Waals surface area contributed by atoms with Crippen molar-refractivity contribution in [3.05, 3.63) is 11.8 Å². The van der Waals surface area contributed by atoms with Gasteiger partial charge in [-0.3, -0.25) is 4.79 Å². The number of nitrogens with zero attached hydrogens (tertiary/aromatic N) is 3. The normalized spacial score (nSPS) is 27.8. The van der Waals surface area contributed by atoms with Gasteiger partial charge in [-0.2, -0.15) is 18.3 Å². The lowest BCUT2D eigenvalue weighted by Gasteiger charge is -2.32.